The number of para-hydroxylation sites is 1. The van der Waals surface area contributed by atoms with Crippen LogP contribution in [0.5, 0.6) is 5.75 Å². The number of rotatable bonds is 3. The van der Waals surface area contributed by atoms with Gasteiger partial charge in [0.25, 0.3) is 0 Å². The van der Waals surface area contributed by atoms with E-state index in [2.05, 4.69) is 0 Å². The second kappa shape index (κ2) is 5.65. The number of benzene rings is 2. The lowest BCUT2D eigenvalue weighted by molar-refractivity contribution is 0.129. The lowest BCUT2D eigenvalue weighted by Crippen LogP contribution is -2.22. The number of ether oxygens (including phenoxy) is 1. The van der Waals surface area contributed by atoms with Crippen LogP contribution in [0.4, 0.5) is 0 Å². The van der Waals surface area contributed by atoms with E-state index in [1.807, 2.05) is 30.3 Å². The highest BCUT2D eigenvalue weighted by atomic mass is 35.5. The zero-order valence-electron chi connectivity index (χ0n) is 10.7. The molecule has 0 saturated carbocycles. The van der Waals surface area contributed by atoms with E-state index in [-0.39, 0.29) is 5.92 Å². The molecule has 2 nitrogen and oxygen atoms in total. The van der Waals surface area contributed by atoms with Crippen LogP contribution in [0.1, 0.15) is 17.0 Å². The summed E-state index contributed by atoms with van der Waals surface area (Å²) >= 11 is 12.0. The second-order valence-corrected chi connectivity index (χ2v) is 5.81. The monoisotopic (exact) mass is 308 g/mol. The zero-order chi connectivity index (χ0) is 14.1. The average molecular weight is 309 g/mol. The molecule has 2 aromatic carbocycles. The Balaban J connectivity index is 1.79. The highest BCUT2D eigenvalue weighted by Gasteiger charge is 2.30. The first kappa shape index (κ1) is 13.7. The smallest absolute Gasteiger partial charge is 0.123 e. The van der Waals surface area contributed by atoms with E-state index < -0.39 is 6.10 Å². The van der Waals surface area contributed by atoms with Gasteiger partial charge in [0.1, 0.15) is 5.75 Å². The molecule has 2 unspecified atom stereocenters. The molecule has 20 heavy (non-hydrogen) atoms. The largest absolute Gasteiger partial charge is 0.493 e. The predicted octanol–water partition coefficient (Wildman–Crippen LogP) is 4.07. The molecular weight excluding hydrogens is 295 g/mol. The van der Waals surface area contributed by atoms with Crippen LogP contribution in [0.25, 0.3) is 0 Å². The molecular formula is C16H14Cl2O2. The highest BCUT2D eigenvalue weighted by Crippen LogP contribution is 2.37. The van der Waals surface area contributed by atoms with Crippen LogP contribution in [0.3, 0.4) is 0 Å². The Kier molecular flexibility index (Phi) is 3.88. The molecule has 1 aliphatic heterocycles. The summed E-state index contributed by atoms with van der Waals surface area (Å²) < 4.78 is 5.61. The summed E-state index contributed by atoms with van der Waals surface area (Å²) in [4.78, 5) is 0. The highest BCUT2D eigenvalue weighted by molar-refractivity contribution is 6.35. The van der Waals surface area contributed by atoms with Gasteiger partial charge in [-0.2, -0.15) is 0 Å². The Morgan fingerprint density at radius 3 is 2.80 bits per heavy atom. The third kappa shape index (κ3) is 2.64. The third-order valence-electron chi connectivity index (χ3n) is 3.65. The molecule has 1 aliphatic rings. The van der Waals surface area contributed by atoms with Crippen LogP contribution in [-0.4, -0.2) is 17.8 Å². The van der Waals surface area contributed by atoms with Crippen molar-refractivity contribution >= 4 is 23.2 Å². The molecule has 4 heteroatoms. The molecule has 0 saturated heterocycles. The SMILES string of the molecule is OC(Cc1ccc(Cl)cc1Cl)C1COc2ccccc21. The maximum atomic E-state index is 10.5. The fraction of sp³-hybridized carbons (Fsp3) is 0.250. The molecule has 2 atom stereocenters. The van der Waals surface area contributed by atoms with E-state index in [0.29, 0.717) is 23.1 Å². The zero-order valence-corrected chi connectivity index (χ0v) is 12.2. The molecule has 0 aliphatic carbocycles. The van der Waals surface area contributed by atoms with Crippen LogP contribution in [0, 0.1) is 0 Å². The van der Waals surface area contributed by atoms with Crippen molar-refractivity contribution in [3.05, 3.63) is 63.6 Å². The lowest BCUT2D eigenvalue weighted by atomic mass is 9.91. The number of aliphatic hydroxyl groups is 1. The van der Waals surface area contributed by atoms with E-state index in [0.717, 1.165) is 16.9 Å². The lowest BCUT2D eigenvalue weighted by Gasteiger charge is -2.18. The summed E-state index contributed by atoms with van der Waals surface area (Å²) in [5, 5.41) is 11.7. The van der Waals surface area contributed by atoms with Crippen molar-refractivity contribution in [3.63, 3.8) is 0 Å². The van der Waals surface area contributed by atoms with Gasteiger partial charge in [-0.25, -0.2) is 0 Å². The van der Waals surface area contributed by atoms with Gasteiger partial charge in [0, 0.05) is 27.9 Å². The van der Waals surface area contributed by atoms with Crippen LogP contribution in [-0.2, 0) is 6.42 Å². The van der Waals surface area contributed by atoms with Gasteiger partial charge in [0.15, 0.2) is 0 Å². The molecule has 1 heterocycles. The van der Waals surface area contributed by atoms with Crippen LogP contribution >= 0.6 is 23.2 Å². The first-order chi connectivity index (χ1) is 9.65. The van der Waals surface area contributed by atoms with E-state index in [1.54, 1.807) is 12.1 Å². The third-order valence-corrected chi connectivity index (χ3v) is 4.23. The molecule has 0 bridgehead atoms. The predicted molar refractivity (Wildman–Crippen MR) is 80.9 cm³/mol. The van der Waals surface area contributed by atoms with Crippen molar-refractivity contribution in [1.29, 1.82) is 0 Å². The summed E-state index contributed by atoms with van der Waals surface area (Å²) in [7, 11) is 0. The van der Waals surface area contributed by atoms with Crippen LogP contribution in [0.15, 0.2) is 42.5 Å². The van der Waals surface area contributed by atoms with E-state index in [9.17, 15) is 5.11 Å². The van der Waals surface area contributed by atoms with Gasteiger partial charge in [0.05, 0.1) is 12.7 Å². The summed E-state index contributed by atoms with van der Waals surface area (Å²) in [6.45, 7) is 0.506. The fourth-order valence-corrected chi connectivity index (χ4v) is 3.05. The first-order valence-corrected chi connectivity index (χ1v) is 7.24. The number of hydrogen-bond acceptors (Lipinski definition) is 2. The van der Waals surface area contributed by atoms with Gasteiger partial charge in [-0.05, 0) is 23.8 Å². The van der Waals surface area contributed by atoms with Gasteiger partial charge < -0.3 is 9.84 Å². The van der Waals surface area contributed by atoms with Crippen molar-refractivity contribution in [2.45, 2.75) is 18.4 Å². The molecule has 104 valence electrons. The van der Waals surface area contributed by atoms with Gasteiger partial charge >= 0.3 is 0 Å². The normalized spacial score (nSPS) is 18.4. The minimum absolute atomic E-state index is 0.0158. The molecule has 0 radical (unpaired) electrons. The maximum Gasteiger partial charge on any atom is 0.123 e. The van der Waals surface area contributed by atoms with Crippen molar-refractivity contribution < 1.29 is 9.84 Å². The fourth-order valence-electron chi connectivity index (χ4n) is 2.56. The molecule has 0 amide bonds. The summed E-state index contributed by atoms with van der Waals surface area (Å²) in [6.07, 6.45) is -0.0458. The standard InChI is InChI=1S/C16H14Cl2O2/c17-11-6-5-10(14(18)8-11)7-15(19)13-9-20-16-4-2-1-3-12(13)16/h1-6,8,13,15,19H,7,9H2. The van der Waals surface area contributed by atoms with Crippen LogP contribution in [0.2, 0.25) is 10.0 Å². The van der Waals surface area contributed by atoms with E-state index in [4.69, 9.17) is 27.9 Å². The van der Waals surface area contributed by atoms with Gasteiger partial charge in [-0.3, -0.25) is 0 Å². The molecule has 3 rings (SSSR count). The average Bonchev–Trinajstić information content (AvgIpc) is 2.86. The Morgan fingerprint density at radius 1 is 1.20 bits per heavy atom. The Bertz CT molecular complexity index is 628. The molecule has 0 spiro atoms. The summed E-state index contributed by atoms with van der Waals surface area (Å²) in [5.74, 6) is 0.844. The molecule has 0 fully saturated rings. The Labute approximate surface area is 127 Å². The van der Waals surface area contributed by atoms with Crippen molar-refractivity contribution in [2.75, 3.05) is 6.61 Å². The minimum atomic E-state index is -0.530. The topological polar surface area (TPSA) is 29.5 Å². The van der Waals surface area contributed by atoms with E-state index >= 15 is 0 Å². The molecule has 1 N–H and O–H groups in total. The Morgan fingerprint density at radius 2 is 2.00 bits per heavy atom. The number of fused-ring (bicyclic) bond motifs is 1. The summed E-state index contributed by atoms with van der Waals surface area (Å²) in [6, 6.07) is 13.2. The first-order valence-electron chi connectivity index (χ1n) is 6.49. The second-order valence-electron chi connectivity index (χ2n) is 4.96. The van der Waals surface area contributed by atoms with Gasteiger partial charge in [-0.15, -0.1) is 0 Å². The Hall–Kier alpha value is -1.22. The number of hydrogen-bond donors (Lipinski definition) is 1. The summed E-state index contributed by atoms with van der Waals surface area (Å²) in [5.41, 5.74) is 1.96. The minimum Gasteiger partial charge on any atom is -0.493 e. The van der Waals surface area contributed by atoms with Crippen molar-refractivity contribution in [1.82, 2.24) is 0 Å². The quantitative estimate of drug-likeness (QED) is 0.926. The van der Waals surface area contributed by atoms with Crippen LogP contribution < -0.4 is 4.74 Å². The van der Waals surface area contributed by atoms with Gasteiger partial charge in [-0.1, -0.05) is 47.5 Å². The molecule has 2 aromatic rings. The molecule has 0 aromatic heterocycles. The maximum absolute atomic E-state index is 10.5. The van der Waals surface area contributed by atoms with E-state index in [1.165, 1.54) is 0 Å². The van der Waals surface area contributed by atoms with Crippen molar-refractivity contribution in [2.24, 2.45) is 0 Å². The number of aliphatic hydroxyl groups excluding tert-OH is 1. The van der Waals surface area contributed by atoms with Gasteiger partial charge in [0.2, 0.25) is 0 Å². The van der Waals surface area contributed by atoms with Crippen molar-refractivity contribution in [3.8, 4) is 5.75 Å². The number of halogens is 2.